The number of anilines is 1. The van der Waals surface area contributed by atoms with E-state index in [1.807, 2.05) is 17.0 Å². The molecule has 178 valence electrons. The van der Waals surface area contributed by atoms with Gasteiger partial charge in [-0.3, -0.25) is 4.79 Å². The fourth-order valence-corrected chi connectivity index (χ4v) is 5.42. The van der Waals surface area contributed by atoms with E-state index in [9.17, 15) is 4.79 Å². The van der Waals surface area contributed by atoms with Gasteiger partial charge in [0.05, 0.1) is 10.0 Å². The number of likely N-dealkylation sites (tertiary alicyclic amines) is 1. The van der Waals surface area contributed by atoms with Gasteiger partial charge in [-0.2, -0.15) is 0 Å². The Balaban J connectivity index is 1.30. The molecule has 2 fully saturated rings. The molecule has 2 aliphatic rings. The highest BCUT2D eigenvalue weighted by Gasteiger charge is 2.27. The van der Waals surface area contributed by atoms with Gasteiger partial charge >= 0.3 is 0 Å². The van der Waals surface area contributed by atoms with Gasteiger partial charge in [0.2, 0.25) is 5.91 Å². The van der Waals surface area contributed by atoms with Crippen LogP contribution < -0.4 is 10.2 Å². The lowest BCUT2D eigenvalue weighted by Gasteiger charge is -2.33. The number of hydrogen-bond acceptors (Lipinski definition) is 3. The number of nitrogens with zero attached hydrogens (tertiary/aromatic N) is 2. The van der Waals surface area contributed by atoms with E-state index in [2.05, 4.69) is 40.5 Å². The summed E-state index contributed by atoms with van der Waals surface area (Å²) < 4.78 is 0. The second-order valence-corrected chi connectivity index (χ2v) is 10.3. The molecule has 0 spiro atoms. The first-order valence-electron chi connectivity index (χ1n) is 12.3. The van der Waals surface area contributed by atoms with Gasteiger partial charge in [0, 0.05) is 18.2 Å². The third kappa shape index (κ3) is 6.95. The lowest BCUT2D eigenvalue weighted by molar-refractivity contribution is -0.123. The molecule has 4 rings (SSSR count). The van der Waals surface area contributed by atoms with Crippen molar-refractivity contribution in [3.05, 3.63) is 64.1 Å². The largest absolute Gasteiger partial charge is 0.317 e. The fourth-order valence-electron chi connectivity index (χ4n) is 5.12. The second kappa shape index (κ2) is 12.2. The first-order chi connectivity index (χ1) is 16.1. The summed E-state index contributed by atoms with van der Waals surface area (Å²) in [4.78, 5) is 17.9. The predicted octanol–water partition coefficient (Wildman–Crippen LogP) is 5.67. The molecular weight excluding hydrogens is 453 g/mol. The van der Waals surface area contributed by atoms with Crippen LogP contribution in [0.5, 0.6) is 0 Å². The van der Waals surface area contributed by atoms with Crippen LogP contribution in [0, 0.1) is 11.8 Å². The van der Waals surface area contributed by atoms with Crippen molar-refractivity contribution in [2.45, 2.75) is 38.5 Å². The number of carbonyl (C=O) groups excluding carboxylic acids is 1. The van der Waals surface area contributed by atoms with Crippen molar-refractivity contribution < 1.29 is 4.79 Å². The monoisotopic (exact) mass is 487 g/mol. The molecule has 2 heterocycles. The molecule has 0 radical (unpaired) electrons. The smallest absolute Gasteiger partial charge is 0.230 e. The zero-order valence-corrected chi connectivity index (χ0v) is 20.8. The highest BCUT2D eigenvalue weighted by atomic mass is 35.5. The fraction of sp³-hybridized carbons (Fsp3) is 0.519. The molecular formula is C27H35Cl2N3O. The van der Waals surface area contributed by atoms with Crippen LogP contribution in [0.15, 0.2) is 48.5 Å². The van der Waals surface area contributed by atoms with Crippen LogP contribution in [0.1, 0.15) is 37.7 Å². The minimum absolute atomic E-state index is 0.0782. The third-order valence-electron chi connectivity index (χ3n) is 7.10. The number of hydrogen-bond donors (Lipinski definition) is 1. The van der Waals surface area contributed by atoms with E-state index in [0.29, 0.717) is 16.6 Å². The molecule has 0 bridgehead atoms. The van der Waals surface area contributed by atoms with Crippen LogP contribution >= 0.6 is 23.2 Å². The summed E-state index contributed by atoms with van der Waals surface area (Å²) in [6, 6.07) is 16.4. The molecule has 2 aliphatic heterocycles. The maximum absolute atomic E-state index is 13.4. The van der Waals surface area contributed by atoms with E-state index in [-0.39, 0.29) is 11.8 Å². The minimum Gasteiger partial charge on any atom is -0.317 e. The average Bonchev–Trinajstić information content (AvgIpc) is 2.85. The number of rotatable bonds is 8. The van der Waals surface area contributed by atoms with Gasteiger partial charge in [0.15, 0.2) is 0 Å². The van der Waals surface area contributed by atoms with E-state index in [4.69, 9.17) is 23.2 Å². The van der Waals surface area contributed by atoms with Crippen molar-refractivity contribution in [3.8, 4) is 0 Å². The van der Waals surface area contributed by atoms with Gasteiger partial charge in [-0.1, -0.05) is 53.5 Å². The van der Waals surface area contributed by atoms with E-state index in [1.165, 1.54) is 24.8 Å². The first-order valence-corrected chi connectivity index (χ1v) is 13.1. The topological polar surface area (TPSA) is 35.6 Å². The average molecular weight is 489 g/mol. The highest BCUT2D eigenvalue weighted by molar-refractivity contribution is 6.42. The molecule has 2 aromatic rings. The lowest BCUT2D eigenvalue weighted by Crippen LogP contribution is -2.43. The van der Waals surface area contributed by atoms with Gasteiger partial charge in [-0.15, -0.1) is 0 Å². The van der Waals surface area contributed by atoms with Gasteiger partial charge < -0.3 is 15.1 Å². The zero-order valence-electron chi connectivity index (χ0n) is 19.3. The van der Waals surface area contributed by atoms with Gasteiger partial charge in [0.1, 0.15) is 0 Å². The first kappa shape index (κ1) is 24.5. The SMILES string of the molecule is O=C(C1CCNCC1)N(CCCN1CCC(Cc2ccccc2)CC1)c1ccc(Cl)c(Cl)c1. The van der Waals surface area contributed by atoms with Crippen LogP contribution in [-0.4, -0.2) is 50.1 Å². The standard InChI is InChI=1S/C27H35Cl2N3O/c28-25-8-7-24(20-26(25)29)32(27(33)23-9-13-30-14-10-23)16-4-15-31-17-11-22(12-18-31)19-21-5-2-1-3-6-21/h1-3,5-8,20,22-23,30H,4,9-19H2. The molecule has 0 unspecified atom stereocenters. The number of amides is 1. The van der Waals surface area contributed by atoms with Gasteiger partial charge in [-0.05, 0) is 101 Å². The Morgan fingerprint density at radius 2 is 1.70 bits per heavy atom. The van der Waals surface area contributed by atoms with E-state index in [0.717, 1.165) is 63.6 Å². The summed E-state index contributed by atoms with van der Waals surface area (Å²) >= 11 is 12.4. The van der Waals surface area contributed by atoms with Crippen LogP contribution in [-0.2, 0) is 11.2 Å². The predicted molar refractivity (Wildman–Crippen MR) is 138 cm³/mol. The molecule has 1 N–H and O–H groups in total. The van der Waals surface area contributed by atoms with E-state index >= 15 is 0 Å². The van der Waals surface area contributed by atoms with Crippen LogP contribution in [0.3, 0.4) is 0 Å². The van der Waals surface area contributed by atoms with E-state index in [1.54, 1.807) is 6.07 Å². The van der Waals surface area contributed by atoms with Crippen LogP contribution in [0.2, 0.25) is 10.0 Å². The summed E-state index contributed by atoms with van der Waals surface area (Å²) in [7, 11) is 0. The van der Waals surface area contributed by atoms with Crippen molar-refractivity contribution >= 4 is 34.8 Å². The number of carbonyl (C=O) groups is 1. The summed E-state index contributed by atoms with van der Waals surface area (Å²) in [6.07, 6.45) is 6.43. The zero-order chi connectivity index (χ0) is 23.0. The quantitative estimate of drug-likeness (QED) is 0.520. The van der Waals surface area contributed by atoms with Gasteiger partial charge in [-0.25, -0.2) is 0 Å². The Kier molecular flexibility index (Phi) is 9.08. The minimum atomic E-state index is 0.0782. The maximum atomic E-state index is 13.4. The molecule has 0 saturated carbocycles. The Bertz CT molecular complexity index is 893. The highest BCUT2D eigenvalue weighted by Crippen LogP contribution is 2.29. The molecule has 0 aliphatic carbocycles. The summed E-state index contributed by atoms with van der Waals surface area (Å²) in [5.41, 5.74) is 2.30. The Morgan fingerprint density at radius 3 is 2.39 bits per heavy atom. The van der Waals surface area contributed by atoms with Gasteiger partial charge in [0.25, 0.3) is 0 Å². The van der Waals surface area contributed by atoms with Crippen molar-refractivity contribution in [1.29, 1.82) is 0 Å². The Hall–Kier alpha value is -1.59. The van der Waals surface area contributed by atoms with Crippen LogP contribution in [0.4, 0.5) is 5.69 Å². The van der Waals surface area contributed by atoms with Crippen LogP contribution in [0.25, 0.3) is 0 Å². The normalized spacial score (nSPS) is 18.4. The molecule has 1 amide bonds. The summed E-state index contributed by atoms with van der Waals surface area (Å²) in [6.45, 7) is 5.84. The maximum Gasteiger partial charge on any atom is 0.230 e. The molecule has 0 aromatic heterocycles. The number of benzene rings is 2. The molecule has 2 aromatic carbocycles. The molecule has 33 heavy (non-hydrogen) atoms. The number of halogens is 2. The number of nitrogens with one attached hydrogen (secondary N) is 1. The summed E-state index contributed by atoms with van der Waals surface area (Å²) in [5.74, 6) is 1.07. The Morgan fingerprint density at radius 1 is 0.970 bits per heavy atom. The van der Waals surface area contributed by atoms with Crippen molar-refractivity contribution in [1.82, 2.24) is 10.2 Å². The molecule has 0 atom stereocenters. The van der Waals surface area contributed by atoms with Crippen molar-refractivity contribution in [2.24, 2.45) is 11.8 Å². The third-order valence-corrected chi connectivity index (χ3v) is 7.84. The van der Waals surface area contributed by atoms with Crippen molar-refractivity contribution in [2.75, 3.05) is 44.2 Å². The molecule has 4 nitrogen and oxygen atoms in total. The molecule has 6 heteroatoms. The Labute approximate surface area is 208 Å². The number of piperidine rings is 2. The lowest BCUT2D eigenvalue weighted by atomic mass is 9.90. The van der Waals surface area contributed by atoms with E-state index < -0.39 is 0 Å². The molecule has 2 saturated heterocycles. The second-order valence-electron chi connectivity index (χ2n) is 9.44. The van der Waals surface area contributed by atoms with Crippen molar-refractivity contribution in [3.63, 3.8) is 0 Å². The summed E-state index contributed by atoms with van der Waals surface area (Å²) in [5, 5.41) is 4.37.